The highest BCUT2D eigenvalue weighted by atomic mass is 16.7. The van der Waals surface area contributed by atoms with Crippen molar-refractivity contribution in [1.82, 2.24) is 0 Å². The number of hydrogen-bond acceptors (Lipinski definition) is 5. The second-order valence-electron chi connectivity index (χ2n) is 14.2. The predicted molar refractivity (Wildman–Crippen MR) is 174 cm³/mol. The standard InChI is InChI=1S/C38H62O5/c1-2-3-14-20-32(39)23-24-34-36-25-29-18-17-19-30(35(29)26-31(36)27-37(34)40)28-42-38(41)43-33-21-15-12-10-8-6-4-5-7-9-11-13-16-22-33/h17-19,31-34,36-37,39-40H,2-16,20-28H2,1H3/t31-,32-,34+,36-,37+/m0/s1. The van der Waals surface area contributed by atoms with E-state index >= 15 is 0 Å². The number of fused-ring (bicyclic) bond motifs is 2. The molecule has 0 saturated heterocycles. The van der Waals surface area contributed by atoms with E-state index in [4.69, 9.17) is 9.47 Å². The zero-order valence-corrected chi connectivity index (χ0v) is 27.3. The Hall–Kier alpha value is -1.59. The van der Waals surface area contributed by atoms with Crippen LogP contribution in [0.1, 0.15) is 158 Å². The van der Waals surface area contributed by atoms with E-state index in [1.54, 1.807) is 0 Å². The van der Waals surface area contributed by atoms with Crippen LogP contribution in [0.5, 0.6) is 0 Å². The van der Waals surface area contributed by atoms with Gasteiger partial charge in [-0.05, 0) is 98.7 Å². The van der Waals surface area contributed by atoms with E-state index in [2.05, 4.69) is 25.1 Å². The highest BCUT2D eigenvalue weighted by molar-refractivity contribution is 5.60. The zero-order chi connectivity index (χ0) is 30.3. The lowest BCUT2D eigenvalue weighted by Crippen LogP contribution is -2.28. The molecular weight excluding hydrogens is 536 g/mol. The van der Waals surface area contributed by atoms with Crippen LogP contribution in [0.25, 0.3) is 0 Å². The number of hydrogen-bond donors (Lipinski definition) is 2. The van der Waals surface area contributed by atoms with Gasteiger partial charge in [0.05, 0.1) is 12.2 Å². The fourth-order valence-corrected chi connectivity index (χ4v) is 8.29. The summed E-state index contributed by atoms with van der Waals surface area (Å²) in [5.74, 6) is 1.18. The average molecular weight is 599 g/mol. The highest BCUT2D eigenvalue weighted by Crippen LogP contribution is 2.47. The van der Waals surface area contributed by atoms with Crippen LogP contribution in [0.4, 0.5) is 4.79 Å². The molecule has 0 aromatic heterocycles. The third-order valence-corrected chi connectivity index (χ3v) is 10.9. The van der Waals surface area contributed by atoms with Crippen LogP contribution >= 0.6 is 0 Å². The van der Waals surface area contributed by atoms with E-state index in [1.165, 1.54) is 88.2 Å². The third-order valence-electron chi connectivity index (χ3n) is 10.9. The number of rotatable bonds is 10. The molecule has 2 N–H and O–H groups in total. The van der Waals surface area contributed by atoms with Crippen molar-refractivity contribution in [2.75, 3.05) is 0 Å². The lowest BCUT2D eigenvalue weighted by atomic mass is 9.72. The molecule has 5 atom stereocenters. The van der Waals surface area contributed by atoms with Gasteiger partial charge in [0.1, 0.15) is 12.7 Å². The molecule has 5 nitrogen and oxygen atoms in total. The SMILES string of the molecule is CCCCC[C@H](O)CC[C@@H]1[C@H]2Cc3cccc(COC(=O)OC4CCCCCCCCCCCCCC4)c3C[C@H]2C[C@H]1O. The number of ether oxygens (including phenoxy) is 2. The molecule has 0 aliphatic heterocycles. The van der Waals surface area contributed by atoms with Crippen molar-refractivity contribution in [2.24, 2.45) is 17.8 Å². The number of carbonyl (C=O) groups is 1. The first-order valence-corrected chi connectivity index (χ1v) is 18.3. The normalized spacial score (nSPS) is 26.9. The molecule has 5 heteroatoms. The molecule has 0 radical (unpaired) electrons. The highest BCUT2D eigenvalue weighted by Gasteiger charge is 2.44. The van der Waals surface area contributed by atoms with Gasteiger partial charge in [-0.25, -0.2) is 4.79 Å². The molecule has 0 spiro atoms. The molecule has 0 amide bonds. The Kier molecular flexibility index (Phi) is 15.2. The smallest absolute Gasteiger partial charge is 0.431 e. The summed E-state index contributed by atoms with van der Waals surface area (Å²) in [6.07, 6.45) is 25.0. The summed E-state index contributed by atoms with van der Waals surface area (Å²) in [5.41, 5.74) is 3.72. The first-order chi connectivity index (χ1) is 21.0. The second kappa shape index (κ2) is 19.0. The minimum absolute atomic E-state index is 0.0369. The Morgan fingerprint density at radius 1 is 0.884 bits per heavy atom. The molecule has 244 valence electrons. The van der Waals surface area contributed by atoms with Gasteiger partial charge in [0, 0.05) is 0 Å². The number of aliphatic hydroxyl groups excluding tert-OH is 2. The molecule has 2 fully saturated rings. The number of carbonyl (C=O) groups excluding carboxylic acids is 1. The van der Waals surface area contributed by atoms with Gasteiger partial charge >= 0.3 is 6.16 Å². The molecule has 0 bridgehead atoms. The van der Waals surface area contributed by atoms with Gasteiger partial charge < -0.3 is 19.7 Å². The quantitative estimate of drug-likeness (QED) is 0.207. The molecule has 0 unspecified atom stereocenters. The van der Waals surface area contributed by atoms with Gasteiger partial charge in [-0.3, -0.25) is 0 Å². The van der Waals surface area contributed by atoms with Crippen molar-refractivity contribution in [2.45, 2.75) is 180 Å². The van der Waals surface area contributed by atoms with Crippen LogP contribution < -0.4 is 0 Å². The van der Waals surface area contributed by atoms with Gasteiger partial charge in [-0.1, -0.05) is 109 Å². The Morgan fingerprint density at radius 3 is 2.19 bits per heavy atom. The third kappa shape index (κ3) is 11.4. The van der Waals surface area contributed by atoms with Crippen LogP contribution in [0.2, 0.25) is 0 Å². The number of benzene rings is 1. The maximum atomic E-state index is 12.9. The summed E-state index contributed by atoms with van der Waals surface area (Å²) in [4.78, 5) is 12.9. The molecular formula is C38H62O5. The summed E-state index contributed by atoms with van der Waals surface area (Å²) in [7, 11) is 0. The summed E-state index contributed by atoms with van der Waals surface area (Å²) in [5, 5.41) is 21.5. The van der Waals surface area contributed by atoms with E-state index in [9.17, 15) is 15.0 Å². The van der Waals surface area contributed by atoms with E-state index < -0.39 is 6.16 Å². The van der Waals surface area contributed by atoms with Crippen LogP contribution in [0.3, 0.4) is 0 Å². The Bertz CT molecular complexity index is 915. The number of unbranched alkanes of at least 4 members (excludes halogenated alkanes) is 2. The summed E-state index contributed by atoms with van der Waals surface area (Å²) < 4.78 is 11.6. The molecule has 0 heterocycles. The average Bonchev–Trinajstić information content (AvgIpc) is 3.30. The minimum atomic E-state index is -0.525. The van der Waals surface area contributed by atoms with Gasteiger partial charge in [0.2, 0.25) is 0 Å². The minimum Gasteiger partial charge on any atom is -0.431 e. The first kappa shape index (κ1) is 34.3. The molecule has 1 aromatic carbocycles. The van der Waals surface area contributed by atoms with Gasteiger partial charge in [0.25, 0.3) is 0 Å². The maximum absolute atomic E-state index is 12.9. The Balaban J connectivity index is 1.27. The lowest BCUT2D eigenvalue weighted by Gasteiger charge is -2.33. The van der Waals surface area contributed by atoms with Crippen molar-refractivity contribution < 1.29 is 24.5 Å². The van der Waals surface area contributed by atoms with Crippen molar-refractivity contribution in [3.05, 3.63) is 34.9 Å². The summed E-state index contributed by atoms with van der Waals surface area (Å²) >= 11 is 0. The monoisotopic (exact) mass is 598 g/mol. The molecule has 2 saturated carbocycles. The van der Waals surface area contributed by atoms with Crippen molar-refractivity contribution in [3.63, 3.8) is 0 Å². The van der Waals surface area contributed by atoms with E-state index in [-0.39, 0.29) is 30.8 Å². The van der Waals surface area contributed by atoms with Crippen molar-refractivity contribution in [1.29, 1.82) is 0 Å². The fourth-order valence-electron chi connectivity index (χ4n) is 8.29. The fraction of sp³-hybridized carbons (Fsp3) is 0.816. The van der Waals surface area contributed by atoms with Crippen molar-refractivity contribution >= 4 is 6.16 Å². The van der Waals surface area contributed by atoms with Gasteiger partial charge in [-0.15, -0.1) is 0 Å². The molecule has 1 aromatic rings. The van der Waals surface area contributed by atoms with Gasteiger partial charge in [-0.2, -0.15) is 0 Å². The maximum Gasteiger partial charge on any atom is 0.508 e. The second-order valence-corrected chi connectivity index (χ2v) is 14.2. The molecule has 3 aliphatic carbocycles. The number of aliphatic hydroxyl groups is 2. The molecule has 43 heavy (non-hydrogen) atoms. The first-order valence-electron chi connectivity index (χ1n) is 18.3. The van der Waals surface area contributed by atoms with Crippen LogP contribution in [-0.4, -0.2) is 34.7 Å². The molecule has 3 aliphatic rings. The predicted octanol–water partition coefficient (Wildman–Crippen LogP) is 9.62. The molecule has 4 rings (SSSR count). The van der Waals surface area contributed by atoms with E-state index in [0.717, 1.165) is 76.2 Å². The Labute approximate surface area is 262 Å². The zero-order valence-electron chi connectivity index (χ0n) is 27.3. The van der Waals surface area contributed by atoms with Crippen LogP contribution in [0, 0.1) is 17.8 Å². The summed E-state index contributed by atoms with van der Waals surface area (Å²) in [6, 6.07) is 6.39. The summed E-state index contributed by atoms with van der Waals surface area (Å²) in [6.45, 7) is 2.44. The van der Waals surface area contributed by atoms with Gasteiger partial charge in [0.15, 0.2) is 0 Å². The Morgan fingerprint density at radius 2 is 1.53 bits per heavy atom. The van der Waals surface area contributed by atoms with Crippen LogP contribution in [0.15, 0.2) is 18.2 Å². The topological polar surface area (TPSA) is 76.0 Å². The lowest BCUT2D eigenvalue weighted by molar-refractivity contribution is 0.0118. The largest absolute Gasteiger partial charge is 0.508 e. The van der Waals surface area contributed by atoms with E-state index in [0.29, 0.717) is 11.8 Å². The van der Waals surface area contributed by atoms with E-state index in [1.807, 2.05) is 0 Å². The van der Waals surface area contributed by atoms with Crippen molar-refractivity contribution in [3.8, 4) is 0 Å². The van der Waals surface area contributed by atoms with Crippen LogP contribution in [-0.2, 0) is 28.9 Å².